The molecule has 3 unspecified atom stereocenters. The van der Waals surface area contributed by atoms with Gasteiger partial charge >= 0.3 is 0 Å². The normalized spacial score (nSPS) is 31.4. The van der Waals surface area contributed by atoms with Crippen LogP contribution in [-0.2, 0) is 11.3 Å². The Labute approximate surface area is 100 Å². The number of hydrogen-bond donors (Lipinski definition) is 3. The lowest BCUT2D eigenvalue weighted by Crippen LogP contribution is -2.43. The SMILES string of the molecule is O=C(NCc1cnc[nH]1)C1NCC2CCCC21. The monoisotopic (exact) mass is 234 g/mol. The smallest absolute Gasteiger partial charge is 0.237 e. The first-order valence-electron chi connectivity index (χ1n) is 6.33. The summed E-state index contributed by atoms with van der Waals surface area (Å²) in [5.74, 6) is 1.41. The molecule has 0 spiro atoms. The van der Waals surface area contributed by atoms with E-state index in [0.717, 1.165) is 18.2 Å². The molecular weight excluding hydrogens is 216 g/mol. The van der Waals surface area contributed by atoms with Gasteiger partial charge in [0.05, 0.1) is 24.6 Å². The first-order chi connectivity index (χ1) is 8.34. The van der Waals surface area contributed by atoms with Gasteiger partial charge in [-0.3, -0.25) is 4.79 Å². The van der Waals surface area contributed by atoms with Crippen LogP contribution in [0.1, 0.15) is 25.0 Å². The van der Waals surface area contributed by atoms with E-state index in [1.165, 1.54) is 19.3 Å². The van der Waals surface area contributed by atoms with Crippen LogP contribution in [-0.4, -0.2) is 28.5 Å². The van der Waals surface area contributed by atoms with Crippen molar-refractivity contribution in [3.63, 3.8) is 0 Å². The van der Waals surface area contributed by atoms with Crippen molar-refractivity contribution in [2.24, 2.45) is 11.8 Å². The molecule has 1 amide bonds. The minimum Gasteiger partial charge on any atom is -0.349 e. The average Bonchev–Trinajstić information content (AvgIpc) is 3.02. The number of imidazole rings is 1. The van der Waals surface area contributed by atoms with E-state index < -0.39 is 0 Å². The first-order valence-corrected chi connectivity index (χ1v) is 6.33. The molecule has 1 aliphatic carbocycles. The highest BCUT2D eigenvalue weighted by molar-refractivity contribution is 5.82. The highest BCUT2D eigenvalue weighted by Gasteiger charge is 2.42. The number of aromatic amines is 1. The molecule has 2 aliphatic rings. The number of nitrogens with one attached hydrogen (secondary N) is 3. The fourth-order valence-electron chi connectivity index (χ4n) is 3.15. The second-order valence-electron chi connectivity index (χ2n) is 5.04. The van der Waals surface area contributed by atoms with Crippen molar-refractivity contribution in [3.8, 4) is 0 Å². The van der Waals surface area contributed by atoms with Gasteiger partial charge in [-0.2, -0.15) is 0 Å². The van der Waals surface area contributed by atoms with Crippen LogP contribution in [0.3, 0.4) is 0 Å². The van der Waals surface area contributed by atoms with Gasteiger partial charge in [-0.05, 0) is 31.2 Å². The highest BCUT2D eigenvalue weighted by atomic mass is 16.2. The zero-order valence-electron chi connectivity index (χ0n) is 9.78. The third-order valence-corrected chi connectivity index (χ3v) is 4.04. The van der Waals surface area contributed by atoms with Crippen LogP contribution in [0.25, 0.3) is 0 Å². The van der Waals surface area contributed by atoms with Crippen LogP contribution >= 0.6 is 0 Å². The summed E-state index contributed by atoms with van der Waals surface area (Å²) in [5, 5.41) is 6.32. The van der Waals surface area contributed by atoms with Crippen LogP contribution < -0.4 is 10.6 Å². The van der Waals surface area contributed by atoms with Crippen molar-refractivity contribution in [2.75, 3.05) is 6.54 Å². The summed E-state index contributed by atoms with van der Waals surface area (Å²) in [4.78, 5) is 19.0. The molecule has 3 rings (SSSR count). The Morgan fingerprint density at radius 2 is 2.47 bits per heavy atom. The summed E-state index contributed by atoms with van der Waals surface area (Å²) in [6.07, 6.45) is 7.12. The fourth-order valence-corrected chi connectivity index (χ4v) is 3.15. The molecule has 5 heteroatoms. The Bertz CT molecular complexity index is 389. The summed E-state index contributed by atoms with van der Waals surface area (Å²) < 4.78 is 0. The number of rotatable bonds is 3. The summed E-state index contributed by atoms with van der Waals surface area (Å²) in [6.45, 7) is 1.54. The minimum atomic E-state index is 0.0189. The highest BCUT2D eigenvalue weighted by Crippen LogP contribution is 2.37. The third kappa shape index (κ3) is 2.07. The molecule has 92 valence electrons. The van der Waals surface area contributed by atoms with Crippen molar-refractivity contribution in [2.45, 2.75) is 31.8 Å². The number of nitrogens with zero attached hydrogens (tertiary/aromatic N) is 1. The molecule has 0 aromatic carbocycles. The standard InChI is InChI=1S/C12H18N4O/c17-12(15-6-9-5-13-7-16-9)11-10-3-1-2-8(10)4-14-11/h5,7-8,10-11,14H,1-4,6H2,(H,13,16)(H,15,17). The van der Waals surface area contributed by atoms with Crippen molar-refractivity contribution in [1.29, 1.82) is 0 Å². The van der Waals surface area contributed by atoms with Gasteiger partial charge in [0.25, 0.3) is 0 Å². The van der Waals surface area contributed by atoms with Crippen molar-refractivity contribution in [3.05, 3.63) is 18.2 Å². The maximum Gasteiger partial charge on any atom is 0.237 e. The molecule has 0 radical (unpaired) electrons. The molecule has 1 saturated carbocycles. The number of aromatic nitrogens is 2. The summed E-state index contributed by atoms with van der Waals surface area (Å²) in [7, 11) is 0. The molecule has 2 heterocycles. The Kier molecular flexibility index (Phi) is 2.84. The molecule has 1 saturated heterocycles. The number of carbonyl (C=O) groups excluding carboxylic acids is 1. The molecule has 1 aromatic rings. The Morgan fingerprint density at radius 1 is 1.53 bits per heavy atom. The first kappa shape index (κ1) is 10.8. The fraction of sp³-hybridized carbons (Fsp3) is 0.667. The second-order valence-corrected chi connectivity index (χ2v) is 5.04. The Hall–Kier alpha value is -1.36. The number of H-pyrrole nitrogens is 1. The van der Waals surface area contributed by atoms with Gasteiger partial charge in [0, 0.05) is 6.20 Å². The van der Waals surface area contributed by atoms with Gasteiger partial charge in [0.2, 0.25) is 5.91 Å². The van der Waals surface area contributed by atoms with E-state index in [1.807, 2.05) is 0 Å². The number of fused-ring (bicyclic) bond motifs is 1. The van der Waals surface area contributed by atoms with Crippen LogP contribution in [0.5, 0.6) is 0 Å². The summed E-state index contributed by atoms with van der Waals surface area (Å²) in [5.41, 5.74) is 0.944. The van der Waals surface area contributed by atoms with Gasteiger partial charge in [-0.1, -0.05) is 6.42 Å². The lowest BCUT2D eigenvalue weighted by atomic mass is 9.93. The zero-order chi connectivity index (χ0) is 11.7. The molecule has 3 atom stereocenters. The lowest BCUT2D eigenvalue weighted by molar-refractivity contribution is -0.123. The maximum absolute atomic E-state index is 12.1. The zero-order valence-corrected chi connectivity index (χ0v) is 9.78. The van der Waals surface area contributed by atoms with Gasteiger partial charge in [0.1, 0.15) is 0 Å². The van der Waals surface area contributed by atoms with Crippen molar-refractivity contribution >= 4 is 5.91 Å². The van der Waals surface area contributed by atoms with Crippen molar-refractivity contribution < 1.29 is 4.79 Å². The molecule has 0 bridgehead atoms. The van der Waals surface area contributed by atoms with Gasteiger partial charge in [0.15, 0.2) is 0 Å². The minimum absolute atomic E-state index is 0.0189. The van der Waals surface area contributed by atoms with Crippen LogP contribution in [0.15, 0.2) is 12.5 Å². The van der Waals surface area contributed by atoms with Gasteiger partial charge < -0.3 is 15.6 Å². The Morgan fingerprint density at radius 3 is 3.29 bits per heavy atom. The molecular formula is C12H18N4O. The van der Waals surface area contributed by atoms with E-state index in [-0.39, 0.29) is 11.9 Å². The Balaban J connectivity index is 1.55. The predicted octanol–water partition coefficient (Wildman–Crippen LogP) is 0.414. The molecule has 1 aliphatic heterocycles. The third-order valence-electron chi connectivity index (χ3n) is 4.04. The lowest BCUT2D eigenvalue weighted by Gasteiger charge is -2.17. The van der Waals surface area contributed by atoms with Crippen molar-refractivity contribution in [1.82, 2.24) is 20.6 Å². The molecule has 17 heavy (non-hydrogen) atoms. The van der Waals surface area contributed by atoms with Crippen LogP contribution in [0.2, 0.25) is 0 Å². The van der Waals surface area contributed by atoms with E-state index in [0.29, 0.717) is 12.5 Å². The average molecular weight is 234 g/mol. The maximum atomic E-state index is 12.1. The van der Waals surface area contributed by atoms with Crippen LogP contribution in [0, 0.1) is 11.8 Å². The van der Waals surface area contributed by atoms with Crippen LogP contribution in [0.4, 0.5) is 0 Å². The number of carbonyl (C=O) groups is 1. The van der Waals surface area contributed by atoms with E-state index >= 15 is 0 Å². The number of amides is 1. The molecule has 2 fully saturated rings. The van der Waals surface area contributed by atoms with E-state index in [2.05, 4.69) is 20.6 Å². The summed E-state index contributed by atoms with van der Waals surface area (Å²) in [6, 6.07) is 0.0189. The van der Waals surface area contributed by atoms with E-state index in [4.69, 9.17) is 0 Å². The second kappa shape index (κ2) is 4.49. The predicted molar refractivity (Wildman–Crippen MR) is 63.1 cm³/mol. The van der Waals surface area contributed by atoms with Gasteiger partial charge in [-0.15, -0.1) is 0 Å². The quantitative estimate of drug-likeness (QED) is 0.709. The topological polar surface area (TPSA) is 69.8 Å². The van der Waals surface area contributed by atoms with Gasteiger partial charge in [-0.25, -0.2) is 4.98 Å². The molecule has 1 aromatic heterocycles. The number of hydrogen-bond acceptors (Lipinski definition) is 3. The largest absolute Gasteiger partial charge is 0.349 e. The summed E-state index contributed by atoms with van der Waals surface area (Å²) >= 11 is 0. The van der Waals surface area contributed by atoms with E-state index in [1.54, 1.807) is 12.5 Å². The molecule has 5 nitrogen and oxygen atoms in total. The van der Waals surface area contributed by atoms with E-state index in [9.17, 15) is 4.79 Å². The molecule has 3 N–H and O–H groups in total.